The summed E-state index contributed by atoms with van der Waals surface area (Å²) < 4.78 is 5.14. The molecule has 0 bridgehead atoms. The van der Waals surface area contributed by atoms with Gasteiger partial charge in [0, 0.05) is 17.6 Å². The molecule has 1 N–H and O–H groups in total. The molecule has 4 nitrogen and oxygen atoms in total. The highest BCUT2D eigenvalue weighted by atomic mass is 32.1. The molecule has 2 aromatic heterocycles. The zero-order valence-corrected chi connectivity index (χ0v) is 15.1. The predicted molar refractivity (Wildman–Crippen MR) is 98.0 cm³/mol. The van der Waals surface area contributed by atoms with Crippen LogP contribution in [0.4, 0.5) is 0 Å². The minimum atomic E-state index is -0.0524. The average molecular weight is 340 g/mol. The Morgan fingerprint density at radius 1 is 1.21 bits per heavy atom. The first kappa shape index (κ1) is 16.5. The van der Waals surface area contributed by atoms with Crippen LogP contribution in [0, 0.1) is 20.8 Å². The Bertz CT molecular complexity index is 898. The van der Waals surface area contributed by atoms with Crippen LogP contribution in [0.5, 0.6) is 5.75 Å². The summed E-state index contributed by atoms with van der Waals surface area (Å²) in [6.07, 6.45) is 0. The number of nitrogens with zero attached hydrogens (tertiary/aromatic N) is 1. The van der Waals surface area contributed by atoms with Crippen molar-refractivity contribution in [3.63, 3.8) is 0 Å². The first-order valence-corrected chi connectivity index (χ1v) is 8.59. The number of thiophene rings is 1. The lowest BCUT2D eigenvalue weighted by Crippen LogP contribution is -2.22. The van der Waals surface area contributed by atoms with Gasteiger partial charge >= 0.3 is 0 Å². The molecule has 0 saturated heterocycles. The number of amides is 1. The third-order valence-electron chi connectivity index (χ3n) is 4.04. The van der Waals surface area contributed by atoms with Gasteiger partial charge in [-0.1, -0.05) is 12.1 Å². The maximum Gasteiger partial charge on any atom is 0.261 e. The van der Waals surface area contributed by atoms with Crippen molar-refractivity contribution >= 4 is 27.5 Å². The lowest BCUT2D eigenvalue weighted by molar-refractivity contribution is 0.0954. The van der Waals surface area contributed by atoms with E-state index in [1.165, 1.54) is 16.9 Å². The number of benzene rings is 1. The third-order valence-corrected chi connectivity index (χ3v) is 5.23. The molecule has 5 heteroatoms. The quantitative estimate of drug-likeness (QED) is 0.776. The fraction of sp³-hybridized carbons (Fsp3) is 0.263. The summed E-state index contributed by atoms with van der Waals surface area (Å²) in [7, 11) is 1.64. The van der Waals surface area contributed by atoms with Crippen molar-refractivity contribution < 1.29 is 9.53 Å². The number of ether oxygens (including phenoxy) is 1. The number of rotatable bonds is 4. The number of fused-ring (bicyclic) bond motifs is 1. The highest BCUT2D eigenvalue weighted by molar-refractivity contribution is 7.20. The fourth-order valence-electron chi connectivity index (χ4n) is 2.84. The van der Waals surface area contributed by atoms with Gasteiger partial charge in [-0.2, -0.15) is 0 Å². The van der Waals surface area contributed by atoms with Crippen molar-refractivity contribution in [2.45, 2.75) is 27.3 Å². The molecule has 0 radical (unpaired) electrons. The number of hydrogen-bond acceptors (Lipinski definition) is 4. The van der Waals surface area contributed by atoms with Crippen LogP contribution in [0.3, 0.4) is 0 Å². The first-order chi connectivity index (χ1) is 11.5. The monoisotopic (exact) mass is 340 g/mol. The van der Waals surface area contributed by atoms with Gasteiger partial charge in [0.25, 0.3) is 5.91 Å². The van der Waals surface area contributed by atoms with E-state index in [1.54, 1.807) is 7.11 Å². The van der Waals surface area contributed by atoms with Crippen LogP contribution in [-0.2, 0) is 6.54 Å². The molecular weight excluding hydrogens is 320 g/mol. The summed E-state index contributed by atoms with van der Waals surface area (Å²) in [6.45, 7) is 6.52. The van der Waals surface area contributed by atoms with E-state index >= 15 is 0 Å². The van der Waals surface area contributed by atoms with E-state index < -0.39 is 0 Å². The SMILES string of the molecule is COc1ccc(CNC(=O)c2sc3nc(C)cc(C)c3c2C)cc1. The molecule has 124 valence electrons. The number of aryl methyl sites for hydroxylation is 3. The molecule has 2 heterocycles. The van der Waals surface area contributed by atoms with Gasteiger partial charge in [-0.25, -0.2) is 4.98 Å². The molecule has 1 amide bonds. The number of pyridine rings is 1. The average Bonchev–Trinajstić information content (AvgIpc) is 2.90. The van der Waals surface area contributed by atoms with Crippen molar-refractivity contribution in [1.29, 1.82) is 0 Å². The van der Waals surface area contributed by atoms with Gasteiger partial charge < -0.3 is 10.1 Å². The maximum atomic E-state index is 12.6. The highest BCUT2D eigenvalue weighted by Gasteiger charge is 2.17. The maximum absolute atomic E-state index is 12.6. The lowest BCUT2D eigenvalue weighted by atomic mass is 10.1. The van der Waals surface area contributed by atoms with E-state index in [2.05, 4.69) is 23.3 Å². The summed E-state index contributed by atoms with van der Waals surface area (Å²) in [5.41, 5.74) is 4.19. The Kier molecular flexibility index (Phi) is 4.53. The van der Waals surface area contributed by atoms with Crippen molar-refractivity contribution in [3.8, 4) is 5.75 Å². The van der Waals surface area contributed by atoms with Crippen molar-refractivity contribution in [3.05, 3.63) is 57.6 Å². The summed E-state index contributed by atoms with van der Waals surface area (Å²) in [6, 6.07) is 9.74. The fourth-order valence-corrected chi connectivity index (χ4v) is 4.06. The molecule has 0 saturated carbocycles. The second-order valence-electron chi connectivity index (χ2n) is 5.85. The van der Waals surface area contributed by atoms with Crippen LogP contribution in [-0.4, -0.2) is 18.0 Å². The van der Waals surface area contributed by atoms with Gasteiger partial charge in [0.2, 0.25) is 0 Å². The predicted octanol–water partition coefficient (Wildman–Crippen LogP) is 4.16. The molecule has 0 fully saturated rings. The second-order valence-corrected chi connectivity index (χ2v) is 6.85. The van der Waals surface area contributed by atoms with E-state index in [-0.39, 0.29) is 5.91 Å². The zero-order chi connectivity index (χ0) is 17.3. The summed E-state index contributed by atoms with van der Waals surface area (Å²) in [5, 5.41) is 4.09. The Morgan fingerprint density at radius 3 is 2.58 bits per heavy atom. The summed E-state index contributed by atoms with van der Waals surface area (Å²) >= 11 is 1.46. The van der Waals surface area contributed by atoms with Gasteiger partial charge in [-0.3, -0.25) is 4.79 Å². The number of methoxy groups -OCH3 is 1. The molecule has 24 heavy (non-hydrogen) atoms. The van der Waals surface area contributed by atoms with Crippen LogP contribution < -0.4 is 10.1 Å². The van der Waals surface area contributed by atoms with E-state index in [4.69, 9.17) is 4.74 Å². The van der Waals surface area contributed by atoms with Gasteiger partial charge in [0.05, 0.1) is 12.0 Å². The van der Waals surface area contributed by atoms with Crippen LogP contribution in [0.2, 0.25) is 0 Å². The molecule has 1 aromatic carbocycles. The van der Waals surface area contributed by atoms with Crippen molar-refractivity contribution in [1.82, 2.24) is 10.3 Å². The van der Waals surface area contributed by atoms with E-state index in [9.17, 15) is 4.79 Å². The minimum absolute atomic E-state index is 0.0524. The van der Waals surface area contributed by atoms with Gasteiger partial charge in [0.1, 0.15) is 10.6 Å². The van der Waals surface area contributed by atoms with E-state index in [1.807, 2.05) is 38.1 Å². The Hall–Kier alpha value is -2.40. The van der Waals surface area contributed by atoms with Gasteiger partial charge in [-0.05, 0) is 55.7 Å². The molecule has 0 aliphatic heterocycles. The van der Waals surface area contributed by atoms with Crippen LogP contribution >= 0.6 is 11.3 Å². The first-order valence-electron chi connectivity index (χ1n) is 7.78. The molecule has 0 atom stereocenters. The smallest absolute Gasteiger partial charge is 0.261 e. The topological polar surface area (TPSA) is 51.2 Å². The summed E-state index contributed by atoms with van der Waals surface area (Å²) in [5.74, 6) is 0.755. The highest BCUT2D eigenvalue weighted by Crippen LogP contribution is 2.32. The number of hydrogen-bond donors (Lipinski definition) is 1. The number of carbonyl (C=O) groups is 1. The zero-order valence-electron chi connectivity index (χ0n) is 14.3. The second kappa shape index (κ2) is 6.61. The van der Waals surface area contributed by atoms with Gasteiger partial charge in [-0.15, -0.1) is 11.3 Å². The Labute approximate surface area is 145 Å². The van der Waals surface area contributed by atoms with E-state index in [0.29, 0.717) is 6.54 Å². The van der Waals surface area contributed by atoms with E-state index in [0.717, 1.165) is 37.7 Å². The van der Waals surface area contributed by atoms with Crippen molar-refractivity contribution in [2.75, 3.05) is 7.11 Å². The van der Waals surface area contributed by atoms with Gasteiger partial charge in [0.15, 0.2) is 0 Å². The Balaban J connectivity index is 1.80. The third kappa shape index (κ3) is 3.12. The Morgan fingerprint density at radius 2 is 1.92 bits per heavy atom. The van der Waals surface area contributed by atoms with Crippen LogP contribution in [0.1, 0.15) is 32.1 Å². The van der Waals surface area contributed by atoms with Crippen LogP contribution in [0.25, 0.3) is 10.2 Å². The number of carbonyl (C=O) groups excluding carboxylic acids is 1. The largest absolute Gasteiger partial charge is 0.497 e. The minimum Gasteiger partial charge on any atom is -0.497 e. The number of nitrogens with one attached hydrogen (secondary N) is 1. The number of aromatic nitrogens is 1. The summed E-state index contributed by atoms with van der Waals surface area (Å²) in [4.78, 5) is 18.8. The molecular formula is C19H20N2O2S. The van der Waals surface area contributed by atoms with Crippen LogP contribution in [0.15, 0.2) is 30.3 Å². The molecule has 0 aliphatic rings. The molecule has 0 spiro atoms. The lowest BCUT2D eigenvalue weighted by Gasteiger charge is -2.06. The molecule has 0 aliphatic carbocycles. The van der Waals surface area contributed by atoms with Crippen molar-refractivity contribution in [2.24, 2.45) is 0 Å². The molecule has 3 rings (SSSR count). The normalized spacial score (nSPS) is 10.8. The molecule has 3 aromatic rings. The standard InChI is InChI=1S/C19H20N2O2S/c1-11-9-12(2)21-19-16(11)13(3)17(24-19)18(22)20-10-14-5-7-15(23-4)8-6-14/h5-9H,10H2,1-4H3,(H,20,22). The molecule has 0 unspecified atom stereocenters.